The third-order valence-corrected chi connectivity index (χ3v) is 4.40. The van der Waals surface area contributed by atoms with Crippen LogP contribution in [0.5, 0.6) is 0 Å². The molecule has 0 spiro atoms. The third kappa shape index (κ3) is 4.87. The van der Waals surface area contributed by atoms with Gasteiger partial charge in [0.25, 0.3) is 0 Å². The molecule has 0 bridgehead atoms. The number of anilines is 1. The molecular weight excluding hydrogens is 315 g/mol. The normalized spacial score (nSPS) is 17.2. The Kier molecular flexibility index (Phi) is 6.25. The van der Waals surface area contributed by atoms with E-state index in [1.165, 1.54) is 17.8 Å². The molecule has 23 heavy (non-hydrogen) atoms. The summed E-state index contributed by atoms with van der Waals surface area (Å²) in [5.74, 6) is 0.0358. The van der Waals surface area contributed by atoms with Crippen molar-refractivity contribution in [3.8, 4) is 12.1 Å². The van der Waals surface area contributed by atoms with E-state index >= 15 is 0 Å². The molecule has 1 aliphatic heterocycles. The van der Waals surface area contributed by atoms with E-state index in [4.69, 9.17) is 10.5 Å². The van der Waals surface area contributed by atoms with Crippen molar-refractivity contribution in [2.24, 2.45) is 0 Å². The van der Waals surface area contributed by atoms with Gasteiger partial charge in [-0.15, -0.1) is 11.8 Å². The molecule has 0 saturated carbocycles. The van der Waals surface area contributed by atoms with Crippen LogP contribution in [0.25, 0.3) is 0 Å². The van der Waals surface area contributed by atoms with Crippen LogP contribution in [0, 0.1) is 28.5 Å². The number of hydrogen-bond donors (Lipinski definition) is 1. The van der Waals surface area contributed by atoms with Crippen molar-refractivity contribution in [2.45, 2.75) is 18.9 Å². The maximum Gasteiger partial charge on any atom is 0.230 e. The summed E-state index contributed by atoms with van der Waals surface area (Å²) in [5.41, 5.74) is 0.754. The van der Waals surface area contributed by atoms with Gasteiger partial charge in [-0.3, -0.25) is 4.79 Å². The molecule has 1 atom stereocenters. The van der Waals surface area contributed by atoms with E-state index in [-0.39, 0.29) is 17.7 Å². The average molecular weight is 332 g/mol. The van der Waals surface area contributed by atoms with Gasteiger partial charge >= 0.3 is 0 Å². The molecule has 7 heteroatoms. The summed E-state index contributed by atoms with van der Waals surface area (Å²) in [4.78, 5) is 13.7. The lowest BCUT2D eigenvalue weighted by Crippen LogP contribution is -2.48. The molecule has 1 amide bonds. The number of nitrogens with one attached hydrogen (secondary N) is 1. The van der Waals surface area contributed by atoms with Crippen LogP contribution in [0.2, 0.25) is 0 Å². The fourth-order valence-electron chi connectivity index (χ4n) is 2.61. The molecule has 2 rings (SSSR count). The zero-order valence-corrected chi connectivity index (χ0v) is 13.4. The number of carbonyl (C=O) groups excluding carboxylic acids is 1. The van der Waals surface area contributed by atoms with Crippen LogP contribution in [-0.4, -0.2) is 36.5 Å². The monoisotopic (exact) mass is 332 g/mol. The number of amides is 1. The molecule has 5 nitrogen and oxygen atoms in total. The standard InChI is InChI=1S/C16H17FN4OS/c17-14-8-12(9-19)3-4-15(14)21-6-1-2-13(10-21)20-16(22)11-23-7-5-18/h3-4,8,13H,1-2,6-7,10-11H2,(H,20,22)/t13-/m1/s1. The second kappa shape index (κ2) is 8.40. The highest BCUT2D eigenvalue weighted by atomic mass is 32.2. The molecule has 1 saturated heterocycles. The van der Waals surface area contributed by atoms with Gasteiger partial charge < -0.3 is 10.2 Å². The summed E-state index contributed by atoms with van der Waals surface area (Å²) >= 11 is 1.28. The molecule has 0 aromatic heterocycles. The van der Waals surface area contributed by atoms with Crippen molar-refractivity contribution in [1.29, 1.82) is 10.5 Å². The lowest BCUT2D eigenvalue weighted by atomic mass is 10.0. The van der Waals surface area contributed by atoms with E-state index in [0.29, 0.717) is 23.5 Å². The predicted octanol–water partition coefficient (Wildman–Crippen LogP) is 2.04. The van der Waals surface area contributed by atoms with E-state index < -0.39 is 5.82 Å². The van der Waals surface area contributed by atoms with Crippen LogP contribution in [0.1, 0.15) is 18.4 Å². The lowest BCUT2D eigenvalue weighted by molar-refractivity contribution is -0.119. The fraction of sp³-hybridized carbons (Fsp3) is 0.438. The van der Waals surface area contributed by atoms with Gasteiger partial charge in [-0.25, -0.2) is 4.39 Å². The first kappa shape index (κ1) is 17.1. The first-order valence-electron chi connectivity index (χ1n) is 7.32. The summed E-state index contributed by atoms with van der Waals surface area (Å²) in [7, 11) is 0. The largest absolute Gasteiger partial charge is 0.367 e. The average Bonchev–Trinajstić information content (AvgIpc) is 2.55. The van der Waals surface area contributed by atoms with Crippen molar-refractivity contribution >= 4 is 23.4 Å². The van der Waals surface area contributed by atoms with E-state index in [2.05, 4.69) is 5.32 Å². The quantitative estimate of drug-likeness (QED) is 0.835. The molecule has 0 radical (unpaired) electrons. The maximum absolute atomic E-state index is 14.1. The lowest BCUT2D eigenvalue weighted by Gasteiger charge is -2.35. The number of benzene rings is 1. The molecule has 1 aliphatic rings. The Hall–Kier alpha value is -2.25. The number of thioether (sulfide) groups is 1. The summed E-state index contributed by atoms with van der Waals surface area (Å²) < 4.78 is 14.1. The molecule has 1 aromatic carbocycles. The van der Waals surface area contributed by atoms with Gasteiger partial charge in [0.1, 0.15) is 5.82 Å². The Morgan fingerprint density at radius 3 is 3.00 bits per heavy atom. The number of carbonyl (C=O) groups is 1. The Labute approximate surface area is 139 Å². The van der Waals surface area contributed by atoms with E-state index in [1.54, 1.807) is 12.1 Å². The van der Waals surface area contributed by atoms with Crippen molar-refractivity contribution in [2.75, 3.05) is 29.5 Å². The molecule has 0 aliphatic carbocycles. The maximum atomic E-state index is 14.1. The molecule has 1 aromatic rings. The highest BCUT2D eigenvalue weighted by Crippen LogP contribution is 2.24. The Morgan fingerprint density at radius 2 is 2.30 bits per heavy atom. The van der Waals surface area contributed by atoms with Crippen LogP contribution in [0.4, 0.5) is 10.1 Å². The molecular formula is C16H17FN4OS. The van der Waals surface area contributed by atoms with Crippen LogP contribution in [0.15, 0.2) is 18.2 Å². The topological polar surface area (TPSA) is 79.9 Å². The highest BCUT2D eigenvalue weighted by Gasteiger charge is 2.23. The number of rotatable bonds is 5. The second-order valence-electron chi connectivity index (χ2n) is 5.28. The van der Waals surface area contributed by atoms with Crippen molar-refractivity contribution in [3.05, 3.63) is 29.6 Å². The number of nitrogens with zero attached hydrogens (tertiary/aromatic N) is 3. The SMILES string of the molecule is N#CCSCC(=O)N[C@@H]1CCCN(c2ccc(C#N)cc2F)C1. The minimum absolute atomic E-state index is 0.0334. The van der Waals surface area contributed by atoms with E-state index in [0.717, 1.165) is 19.4 Å². The Balaban J connectivity index is 1.94. The van der Waals surface area contributed by atoms with Crippen LogP contribution < -0.4 is 10.2 Å². The predicted molar refractivity (Wildman–Crippen MR) is 87.4 cm³/mol. The van der Waals surface area contributed by atoms with E-state index in [1.807, 2.05) is 17.0 Å². The molecule has 1 N–H and O–H groups in total. The molecule has 1 fully saturated rings. The van der Waals surface area contributed by atoms with Crippen molar-refractivity contribution in [1.82, 2.24) is 5.32 Å². The van der Waals surface area contributed by atoms with Gasteiger partial charge in [0.05, 0.1) is 34.9 Å². The van der Waals surface area contributed by atoms with Crippen LogP contribution in [0.3, 0.4) is 0 Å². The Morgan fingerprint density at radius 1 is 1.48 bits per heavy atom. The van der Waals surface area contributed by atoms with Gasteiger partial charge in [0, 0.05) is 19.1 Å². The number of halogens is 1. The first-order chi connectivity index (χ1) is 11.1. The highest BCUT2D eigenvalue weighted by molar-refractivity contribution is 8.00. The van der Waals surface area contributed by atoms with Crippen molar-refractivity contribution in [3.63, 3.8) is 0 Å². The molecule has 120 valence electrons. The molecule has 1 heterocycles. The van der Waals surface area contributed by atoms with Gasteiger partial charge in [-0.1, -0.05) is 0 Å². The summed E-state index contributed by atoms with van der Waals surface area (Å²) in [6.45, 7) is 1.26. The van der Waals surface area contributed by atoms with Gasteiger partial charge in [-0.2, -0.15) is 10.5 Å². The van der Waals surface area contributed by atoms with Crippen molar-refractivity contribution < 1.29 is 9.18 Å². The Bertz CT molecular complexity index is 652. The number of hydrogen-bond acceptors (Lipinski definition) is 5. The summed E-state index contributed by atoms with van der Waals surface area (Å²) in [5, 5.41) is 20.2. The first-order valence-corrected chi connectivity index (χ1v) is 8.48. The minimum atomic E-state index is -0.416. The molecule has 0 unspecified atom stereocenters. The van der Waals surface area contributed by atoms with Gasteiger partial charge in [0.15, 0.2) is 0 Å². The number of piperidine rings is 1. The second-order valence-corrected chi connectivity index (χ2v) is 6.27. The van der Waals surface area contributed by atoms with E-state index in [9.17, 15) is 9.18 Å². The van der Waals surface area contributed by atoms with Gasteiger partial charge in [-0.05, 0) is 31.0 Å². The van der Waals surface area contributed by atoms with Crippen LogP contribution >= 0.6 is 11.8 Å². The van der Waals surface area contributed by atoms with Gasteiger partial charge in [0.2, 0.25) is 5.91 Å². The summed E-state index contributed by atoms with van der Waals surface area (Å²) in [6.07, 6.45) is 1.71. The zero-order valence-electron chi connectivity index (χ0n) is 12.6. The summed E-state index contributed by atoms with van der Waals surface area (Å²) in [6, 6.07) is 8.30. The van der Waals surface area contributed by atoms with Crippen LogP contribution in [-0.2, 0) is 4.79 Å². The third-order valence-electron chi connectivity index (χ3n) is 3.60. The number of nitriles is 2. The zero-order chi connectivity index (χ0) is 16.7. The fourth-order valence-corrected chi connectivity index (χ4v) is 3.07. The minimum Gasteiger partial charge on any atom is -0.367 e. The smallest absolute Gasteiger partial charge is 0.230 e.